The number of likely N-dealkylation sites (tertiary alicyclic amines) is 1. The van der Waals surface area contributed by atoms with Gasteiger partial charge in [-0.3, -0.25) is 5.32 Å². The fourth-order valence-corrected chi connectivity index (χ4v) is 5.85. The molecule has 1 aliphatic heterocycles. The molecule has 1 N–H and O–H groups in total. The molecule has 0 aromatic carbocycles. The van der Waals surface area contributed by atoms with Crippen molar-refractivity contribution in [1.82, 2.24) is 10.1 Å². The molecule has 4 aliphatic rings. The summed E-state index contributed by atoms with van der Waals surface area (Å²) in [4.78, 5) is 14.6. The minimum absolute atomic E-state index is 0.0903. The highest BCUT2D eigenvalue weighted by Gasteiger charge is 2.47. The number of piperidine rings is 1. The molecule has 1 saturated heterocycles. The summed E-state index contributed by atoms with van der Waals surface area (Å²) in [5, 5.41) is 7.57. The predicted molar refractivity (Wildman–Crippen MR) is 140 cm³/mol. The van der Waals surface area contributed by atoms with E-state index in [4.69, 9.17) is 25.6 Å². The maximum absolute atomic E-state index is 12.7. The molecule has 0 bridgehead atoms. The first-order chi connectivity index (χ1) is 17.4. The second-order valence-electron chi connectivity index (χ2n) is 10.6. The van der Waals surface area contributed by atoms with E-state index in [1.165, 1.54) is 18.4 Å². The molecule has 7 nitrogen and oxygen atoms in total. The summed E-state index contributed by atoms with van der Waals surface area (Å²) >= 11 is 5.96. The monoisotopic (exact) mass is 513 g/mol. The average molecular weight is 514 g/mol. The van der Waals surface area contributed by atoms with Gasteiger partial charge in [0.05, 0.1) is 31.1 Å². The van der Waals surface area contributed by atoms with E-state index >= 15 is 0 Å². The third kappa shape index (κ3) is 5.79. The number of anilines is 1. The van der Waals surface area contributed by atoms with E-state index in [0.29, 0.717) is 30.4 Å². The lowest BCUT2D eigenvalue weighted by molar-refractivity contribution is 0.00172. The Labute approximate surface area is 218 Å². The minimum atomic E-state index is -0.0957. The van der Waals surface area contributed by atoms with E-state index in [0.717, 1.165) is 55.1 Å². The van der Waals surface area contributed by atoms with Gasteiger partial charge < -0.3 is 18.9 Å². The van der Waals surface area contributed by atoms with Crippen molar-refractivity contribution in [3.63, 3.8) is 0 Å². The molecule has 2 amide bonds. The molecule has 1 aromatic rings. The van der Waals surface area contributed by atoms with Gasteiger partial charge in [-0.1, -0.05) is 47.1 Å². The zero-order chi connectivity index (χ0) is 25.1. The van der Waals surface area contributed by atoms with Gasteiger partial charge in [-0.15, -0.1) is 0 Å². The Morgan fingerprint density at radius 2 is 1.92 bits per heavy atom. The molecule has 36 heavy (non-hydrogen) atoms. The van der Waals surface area contributed by atoms with Gasteiger partial charge in [0, 0.05) is 23.7 Å². The zero-order valence-electron chi connectivity index (χ0n) is 21.2. The number of hydrogen-bond acceptors (Lipinski definition) is 5. The number of nitrogens with zero attached hydrogens (tertiary/aromatic N) is 2. The van der Waals surface area contributed by atoms with Crippen LogP contribution >= 0.6 is 11.6 Å². The highest BCUT2D eigenvalue weighted by atomic mass is 35.5. The van der Waals surface area contributed by atoms with E-state index in [2.05, 4.69) is 28.7 Å². The van der Waals surface area contributed by atoms with Crippen molar-refractivity contribution in [2.45, 2.75) is 64.6 Å². The molecule has 1 saturated carbocycles. The second-order valence-corrected chi connectivity index (χ2v) is 11.0. The third-order valence-electron chi connectivity index (χ3n) is 8.14. The van der Waals surface area contributed by atoms with Crippen molar-refractivity contribution in [2.24, 2.45) is 11.3 Å². The van der Waals surface area contributed by atoms with Crippen molar-refractivity contribution >= 4 is 23.5 Å². The smallest absolute Gasteiger partial charge is 0.324 e. The number of rotatable bonds is 7. The van der Waals surface area contributed by atoms with Gasteiger partial charge in [-0.25, -0.2) is 4.79 Å². The van der Waals surface area contributed by atoms with E-state index in [1.807, 2.05) is 37.0 Å². The van der Waals surface area contributed by atoms with Gasteiger partial charge >= 0.3 is 6.03 Å². The molecule has 2 unspecified atom stereocenters. The topological polar surface area (TPSA) is 76.8 Å². The van der Waals surface area contributed by atoms with Crippen LogP contribution in [-0.4, -0.2) is 54.6 Å². The van der Waals surface area contributed by atoms with Gasteiger partial charge in [-0.2, -0.15) is 0 Å². The lowest BCUT2D eigenvalue weighted by atomic mass is 9.55. The Hall–Kier alpha value is -2.35. The maximum atomic E-state index is 12.7. The number of nitrogens with one attached hydrogen (secondary N) is 1. The quantitative estimate of drug-likeness (QED) is 0.449. The molecule has 1 spiro atoms. The lowest BCUT2D eigenvalue weighted by Gasteiger charge is -2.53. The molecular weight excluding hydrogens is 478 g/mol. The number of allylic oxidation sites excluding steroid dienone is 4. The number of carbonyl (C=O) groups is 1. The van der Waals surface area contributed by atoms with Crippen LogP contribution in [-0.2, 0) is 9.47 Å². The van der Waals surface area contributed by atoms with Gasteiger partial charge in [0.1, 0.15) is 0 Å². The number of carbonyl (C=O) groups excluding carboxylic acids is 1. The van der Waals surface area contributed by atoms with Crippen LogP contribution in [0.3, 0.4) is 0 Å². The molecule has 3 aliphatic carbocycles. The fraction of sp³-hybridized carbons (Fsp3) is 0.571. The van der Waals surface area contributed by atoms with Crippen molar-refractivity contribution in [3.8, 4) is 0 Å². The summed E-state index contributed by atoms with van der Waals surface area (Å²) in [5.74, 6) is 1.04. The van der Waals surface area contributed by atoms with Crippen molar-refractivity contribution in [1.29, 1.82) is 0 Å². The number of amides is 2. The summed E-state index contributed by atoms with van der Waals surface area (Å²) < 4.78 is 17.2. The third-order valence-corrected chi connectivity index (χ3v) is 8.42. The Kier molecular flexibility index (Phi) is 7.70. The Morgan fingerprint density at radius 1 is 1.17 bits per heavy atom. The molecule has 2 atom stereocenters. The molecule has 0 radical (unpaired) electrons. The molecular formula is C28H36ClN3O4. The molecule has 194 valence electrons. The summed E-state index contributed by atoms with van der Waals surface area (Å²) in [5.41, 5.74) is 3.45. The van der Waals surface area contributed by atoms with Crippen LogP contribution in [0, 0.1) is 25.2 Å². The van der Waals surface area contributed by atoms with E-state index in [9.17, 15) is 4.79 Å². The van der Waals surface area contributed by atoms with E-state index < -0.39 is 0 Å². The standard InChI is InChI=1S/C28H36ClN3O4/c1-19-20(2)31-36-26(19)30-27(33)32-12-10-28(11-13-32)17-22(18-28)21-4-3-5-25(16-21)35-15-14-34-24-8-6-23(29)7-9-24/h3-4,6-8,16,22,24-25H,5,9-15,17-18H2,1-2H3,(H,30,33). The average Bonchev–Trinajstić information content (AvgIpc) is 3.18. The molecule has 2 fully saturated rings. The van der Waals surface area contributed by atoms with Crippen molar-refractivity contribution in [3.05, 3.63) is 58.3 Å². The van der Waals surface area contributed by atoms with Crippen molar-refractivity contribution < 1.29 is 18.8 Å². The van der Waals surface area contributed by atoms with Crippen LogP contribution in [0.25, 0.3) is 0 Å². The van der Waals surface area contributed by atoms with Crippen molar-refractivity contribution in [2.75, 3.05) is 31.6 Å². The second kappa shape index (κ2) is 11.0. The Morgan fingerprint density at radius 3 is 2.58 bits per heavy atom. The van der Waals surface area contributed by atoms with Crippen LogP contribution in [0.5, 0.6) is 0 Å². The molecule has 8 heteroatoms. The van der Waals surface area contributed by atoms with Gasteiger partial charge in [0.15, 0.2) is 0 Å². The highest BCUT2D eigenvalue weighted by Crippen LogP contribution is 2.55. The van der Waals surface area contributed by atoms with Crippen LogP contribution < -0.4 is 5.32 Å². The number of halogens is 1. The highest BCUT2D eigenvalue weighted by molar-refractivity contribution is 6.31. The summed E-state index contributed by atoms with van der Waals surface area (Å²) in [6.45, 7) is 6.51. The minimum Gasteiger partial charge on any atom is -0.371 e. The normalized spacial score (nSPS) is 25.5. The summed E-state index contributed by atoms with van der Waals surface area (Å²) in [7, 11) is 0. The Bertz CT molecular complexity index is 1070. The summed E-state index contributed by atoms with van der Waals surface area (Å²) in [6.07, 6.45) is 19.1. The first-order valence-corrected chi connectivity index (χ1v) is 13.4. The molecule has 5 rings (SSSR count). The van der Waals surface area contributed by atoms with Crippen LogP contribution in [0.4, 0.5) is 10.7 Å². The van der Waals surface area contributed by atoms with Crippen LogP contribution in [0.2, 0.25) is 0 Å². The number of urea groups is 1. The number of aryl methyl sites for hydroxylation is 1. The number of hydrogen-bond donors (Lipinski definition) is 1. The van der Waals surface area contributed by atoms with E-state index in [-0.39, 0.29) is 18.2 Å². The molecule has 2 heterocycles. The first-order valence-electron chi connectivity index (χ1n) is 13.0. The van der Waals surface area contributed by atoms with Gasteiger partial charge in [0.25, 0.3) is 0 Å². The van der Waals surface area contributed by atoms with Gasteiger partial charge in [-0.05, 0) is 75.4 Å². The molecule has 1 aromatic heterocycles. The SMILES string of the molecule is Cc1noc(NC(=O)N2CCC3(CC2)CC(C2=CC(OCCOC4C=CC(Cl)=CC4)CC=C2)C3)c1C. The predicted octanol–water partition coefficient (Wildman–Crippen LogP) is 6.05. The lowest BCUT2D eigenvalue weighted by Crippen LogP contribution is -2.50. The largest absolute Gasteiger partial charge is 0.371 e. The summed E-state index contributed by atoms with van der Waals surface area (Å²) in [6, 6.07) is -0.0957. The zero-order valence-corrected chi connectivity index (χ0v) is 21.9. The van der Waals surface area contributed by atoms with Crippen LogP contribution in [0.1, 0.15) is 49.8 Å². The fourth-order valence-electron chi connectivity index (χ4n) is 5.68. The number of aromatic nitrogens is 1. The van der Waals surface area contributed by atoms with Crippen LogP contribution in [0.15, 0.2) is 51.6 Å². The maximum Gasteiger partial charge on any atom is 0.324 e. The number of ether oxygens (including phenoxy) is 2. The first kappa shape index (κ1) is 25.3. The van der Waals surface area contributed by atoms with E-state index in [1.54, 1.807) is 0 Å². The Balaban J connectivity index is 1.03. The van der Waals surface area contributed by atoms with Gasteiger partial charge in [0.2, 0.25) is 5.88 Å².